The van der Waals surface area contributed by atoms with E-state index in [1.807, 2.05) is 0 Å². The lowest BCUT2D eigenvalue weighted by Crippen LogP contribution is -2.60. The van der Waals surface area contributed by atoms with Crippen LogP contribution in [0.2, 0.25) is 0 Å². The Balaban J connectivity index is 1.68. The molecule has 1 fully saturated rings. The minimum Gasteiger partial charge on any atom is -0.394 e. The number of ketones is 2. The molecule has 3 rings (SSSR count). The van der Waals surface area contributed by atoms with E-state index in [4.69, 9.17) is 14.5 Å². The van der Waals surface area contributed by atoms with E-state index in [1.54, 1.807) is 30.3 Å². The minimum atomic E-state index is -2.38. The normalized spacial score (nSPS) is 35.1. The van der Waals surface area contributed by atoms with Crippen LogP contribution in [-0.4, -0.2) is 86.1 Å². The highest BCUT2D eigenvalue weighted by molar-refractivity contribution is 6.41. The molecule has 2 unspecified atom stereocenters. The Bertz CT molecular complexity index is 836. The molecule has 7 atom stereocenters. The fourth-order valence-electron chi connectivity index (χ4n) is 3.27. The molecule has 0 saturated carbocycles. The second-order valence-corrected chi connectivity index (χ2v) is 7.29. The second-order valence-electron chi connectivity index (χ2n) is 7.29. The topological polar surface area (TPSA) is 163 Å². The van der Waals surface area contributed by atoms with Crippen molar-refractivity contribution in [3.8, 4) is 0 Å². The van der Waals surface area contributed by atoms with Gasteiger partial charge in [0.15, 0.2) is 11.7 Å². The molecular weight excluding hydrogens is 412 g/mol. The number of ether oxygens (including phenoxy) is 1. The van der Waals surface area contributed by atoms with Gasteiger partial charge in [0.25, 0.3) is 0 Å². The molecule has 5 N–H and O–H groups in total. The predicted octanol–water partition coefficient (Wildman–Crippen LogP) is -1.66. The molecule has 10 heteroatoms. The van der Waals surface area contributed by atoms with E-state index in [0.717, 1.165) is 6.08 Å². The molecule has 0 aromatic heterocycles. The van der Waals surface area contributed by atoms with Crippen molar-refractivity contribution in [2.24, 2.45) is 0 Å². The average Bonchev–Trinajstić information content (AvgIpc) is 2.78. The molecule has 10 nitrogen and oxygen atoms in total. The van der Waals surface area contributed by atoms with Crippen molar-refractivity contribution in [1.82, 2.24) is 0 Å². The zero-order chi connectivity index (χ0) is 22.6. The van der Waals surface area contributed by atoms with Gasteiger partial charge in [0.1, 0.15) is 24.4 Å². The third-order valence-corrected chi connectivity index (χ3v) is 5.11. The Hall–Kier alpha value is -2.28. The van der Waals surface area contributed by atoms with Crippen LogP contribution >= 0.6 is 0 Å². The molecule has 0 bridgehead atoms. The number of allylic oxidation sites excluding steroid dienone is 2. The Morgan fingerprint density at radius 1 is 1.00 bits per heavy atom. The van der Waals surface area contributed by atoms with Gasteiger partial charge in [-0.05, 0) is 17.7 Å². The van der Waals surface area contributed by atoms with Gasteiger partial charge in [0, 0.05) is 6.42 Å². The third-order valence-electron chi connectivity index (χ3n) is 5.11. The van der Waals surface area contributed by atoms with E-state index in [9.17, 15) is 35.1 Å². The maximum absolute atomic E-state index is 12.7. The molecule has 0 spiro atoms. The number of carbonyl (C=O) groups excluding carboxylic acids is 2. The first-order chi connectivity index (χ1) is 14.8. The molecule has 1 aromatic carbocycles. The quantitative estimate of drug-likeness (QED) is 0.181. The molecule has 1 aliphatic carbocycles. The van der Waals surface area contributed by atoms with Gasteiger partial charge in [0.2, 0.25) is 17.9 Å². The largest absolute Gasteiger partial charge is 0.394 e. The zero-order valence-electron chi connectivity index (χ0n) is 16.4. The van der Waals surface area contributed by atoms with Gasteiger partial charge in [-0.3, -0.25) is 9.59 Å². The maximum Gasteiger partial charge on any atom is 0.237 e. The van der Waals surface area contributed by atoms with Crippen LogP contribution in [0.4, 0.5) is 0 Å². The first-order valence-electron chi connectivity index (χ1n) is 9.60. The number of aliphatic hydroxyl groups is 5. The van der Waals surface area contributed by atoms with Crippen LogP contribution in [0.1, 0.15) is 5.56 Å². The smallest absolute Gasteiger partial charge is 0.237 e. The Labute approximate surface area is 177 Å². The van der Waals surface area contributed by atoms with E-state index < -0.39 is 60.6 Å². The number of rotatable bonds is 8. The lowest BCUT2D eigenvalue weighted by atomic mass is 9.85. The number of hydrogen-bond acceptors (Lipinski definition) is 10. The van der Waals surface area contributed by atoms with E-state index in [2.05, 4.69) is 0 Å². The van der Waals surface area contributed by atoms with Crippen LogP contribution in [-0.2, 0) is 30.5 Å². The lowest BCUT2D eigenvalue weighted by molar-refractivity contribution is -0.441. The van der Waals surface area contributed by atoms with Crippen LogP contribution in [0.5, 0.6) is 0 Å². The first kappa shape index (κ1) is 23.4. The molecule has 1 aliphatic heterocycles. The first-order valence-corrected chi connectivity index (χ1v) is 9.60. The highest BCUT2D eigenvalue weighted by Gasteiger charge is 2.48. The second kappa shape index (κ2) is 9.90. The molecular formula is C21H24O10. The highest BCUT2D eigenvalue weighted by Crippen LogP contribution is 2.27. The number of aliphatic hydroxyl groups excluding tert-OH is 4. The molecule has 1 aromatic rings. The molecule has 1 heterocycles. The van der Waals surface area contributed by atoms with E-state index in [0.29, 0.717) is 5.56 Å². The summed E-state index contributed by atoms with van der Waals surface area (Å²) in [6.07, 6.45) is -4.46. The van der Waals surface area contributed by atoms with Crippen molar-refractivity contribution in [3.63, 3.8) is 0 Å². The van der Waals surface area contributed by atoms with Crippen molar-refractivity contribution < 1.29 is 49.6 Å². The molecule has 168 valence electrons. The maximum atomic E-state index is 12.7. The summed E-state index contributed by atoms with van der Waals surface area (Å²) in [5.74, 6) is -1.98. The fraction of sp³-hybridized carbons (Fsp3) is 0.429. The summed E-state index contributed by atoms with van der Waals surface area (Å²) in [7, 11) is 0. The highest BCUT2D eigenvalue weighted by atomic mass is 17.2. The van der Waals surface area contributed by atoms with Gasteiger partial charge >= 0.3 is 0 Å². The van der Waals surface area contributed by atoms with Gasteiger partial charge in [0.05, 0.1) is 6.61 Å². The standard InChI is InChI=1S/C21H24O10/c22-11-14-16(24)17(25)18(26)20(29-14)31-30-15-8-4-5-9-21(15,28)19(27)13(23)10-12-6-2-1-3-7-12/h1-9,14-18,20,22,24-26,28H,10-11H2/t14-,15?,16-,17+,18-,20+,21?/m1/s1. The van der Waals surface area contributed by atoms with Gasteiger partial charge in [-0.1, -0.05) is 42.5 Å². The summed E-state index contributed by atoms with van der Waals surface area (Å²) in [6, 6.07) is 8.53. The van der Waals surface area contributed by atoms with Crippen LogP contribution < -0.4 is 0 Å². The Morgan fingerprint density at radius 3 is 2.39 bits per heavy atom. The number of carbonyl (C=O) groups is 2. The van der Waals surface area contributed by atoms with Crippen LogP contribution in [0.25, 0.3) is 0 Å². The summed E-state index contributed by atoms with van der Waals surface area (Å²) in [5, 5.41) is 49.7. The average molecular weight is 436 g/mol. The van der Waals surface area contributed by atoms with Gasteiger partial charge < -0.3 is 30.3 Å². The molecule has 0 amide bonds. The van der Waals surface area contributed by atoms with Crippen molar-refractivity contribution in [3.05, 3.63) is 60.2 Å². The predicted molar refractivity (Wildman–Crippen MR) is 103 cm³/mol. The van der Waals surface area contributed by atoms with Gasteiger partial charge in [-0.15, -0.1) is 0 Å². The monoisotopic (exact) mass is 436 g/mol. The summed E-state index contributed by atoms with van der Waals surface area (Å²) in [5.41, 5.74) is -1.79. The van der Waals surface area contributed by atoms with Crippen molar-refractivity contribution in [1.29, 1.82) is 0 Å². The van der Waals surface area contributed by atoms with Crippen LogP contribution in [0.15, 0.2) is 54.6 Å². The van der Waals surface area contributed by atoms with E-state index in [1.165, 1.54) is 18.2 Å². The summed E-state index contributed by atoms with van der Waals surface area (Å²) >= 11 is 0. The summed E-state index contributed by atoms with van der Waals surface area (Å²) in [4.78, 5) is 35.3. The van der Waals surface area contributed by atoms with Crippen LogP contribution in [0.3, 0.4) is 0 Å². The number of Topliss-reactive ketones (excluding diaryl/α,β-unsaturated/α-hetero) is 2. The summed E-state index contributed by atoms with van der Waals surface area (Å²) in [6.45, 7) is -0.673. The van der Waals surface area contributed by atoms with Crippen LogP contribution in [0, 0.1) is 0 Å². The Kier molecular flexibility index (Phi) is 7.46. The van der Waals surface area contributed by atoms with Crippen molar-refractivity contribution >= 4 is 11.6 Å². The fourth-order valence-corrected chi connectivity index (χ4v) is 3.27. The minimum absolute atomic E-state index is 0.222. The van der Waals surface area contributed by atoms with Crippen molar-refractivity contribution in [2.45, 2.75) is 48.8 Å². The van der Waals surface area contributed by atoms with Crippen molar-refractivity contribution in [2.75, 3.05) is 6.61 Å². The van der Waals surface area contributed by atoms with Gasteiger partial charge in [-0.2, -0.15) is 0 Å². The lowest BCUT2D eigenvalue weighted by Gasteiger charge is -2.39. The molecule has 1 saturated heterocycles. The number of hydrogen-bond donors (Lipinski definition) is 5. The summed E-state index contributed by atoms with van der Waals surface area (Å²) < 4.78 is 5.14. The molecule has 31 heavy (non-hydrogen) atoms. The SMILES string of the molecule is O=C(Cc1ccccc1)C(=O)C1(O)C=CC=CC1OO[C@@H]1O[C@H](CO)[C@@H](O)[C@H](O)[C@H]1O. The van der Waals surface area contributed by atoms with Gasteiger partial charge in [-0.25, -0.2) is 9.78 Å². The zero-order valence-corrected chi connectivity index (χ0v) is 16.4. The number of benzene rings is 1. The Morgan fingerprint density at radius 2 is 1.71 bits per heavy atom. The third kappa shape index (κ3) is 4.97. The van der Waals surface area contributed by atoms with E-state index >= 15 is 0 Å². The molecule has 2 aliphatic rings. The molecule has 0 radical (unpaired) electrons. The van der Waals surface area contributed by atoms with E-state index in [-0.39, 0.29) is 6.42 Å².